The van der Waals surface area contributed by atoms with E-state index in [1.807, 2.05) is 36.2 Å². The summed E-state index contributed by atoms with van der Waals surface area (Å²) in [6, 6.07) is 13.3. The van der Waals surface area contributed by atoms with Gasteiger partial charge in [-0.25, -0.2) is 15.3 Å². The zero-order valence-corrected chi connectivity index (χ0v) is 18.2. The molecule has 32 heavy (non-hydrogen) atoms. The average molecular weight is 455 g/mol. The molecule has 2 aromatic carbocycles. The number of nitrogens with one attached hydrogen (secondary N) is 3. The maximum atomic E-state index is 12.0. The van der Waals surface area contributed by atoms with Crippen LogP contribution in [0.3, 0.4) is 0 Å². The number of H-pyrrole nitrogens is 2. The molecule has 1 aromatic heterocycles. The molecule has 0 aliphatic heterocycles. The van der Waals surface area contributed by atoms with Crippen LogP contribution in [0.1, 0.15) is 16.7 Å². The number of hydrogen-bond acceptors (Lipinski definition) is 8. The molecule has 1 amide bonds. The topological polar surface area (TPSA) is 139 Å². The van der Waals surface area contributed by atoms with E-state index in [-0.39, 0.29) is 10.8 Å². The quantitative estimate of drug-likeness (QED) is 0.253. The van der Waals surface area contributed by atoms with Gasteiger partial charge in [0.1, 0.15) is 6.61 Å². The van der Waals surface area contributed by atoms with Crippen molar-refractivity contribution in [3.8, 4) is 11.5 Å². The van der Waals surface area contributed by atoms with Crippen LogP contribution in [-0.4, -0.2) is 40.2 Å². The van der Waals surface area contributed by atoms with Crippen LogP contribution in [0, 0.1) is 6.92 Å². The van der Waals surface area contributed by atoms with Gasteiger partial charge in [-0.15, -0.1) is 0 Å². The Hall–Kier alpha value is -3.86. The molecule has 3 aromatic rings. The number of para-hydroxylation sites is 1. The maximum Gasteiger partial charge on any atom is 0.342 e. The summed E-state index contributed by atoms with van der Waals surface area (Å²) in [5.74, 6) is 0.456. The summed E-state index contributed by atoms with van der Waals surface area (Å²) in [7, 11) is 1.54. The standard InChI is InChI=1S/C21H21N5O5S/c1-13-5-3-6-14(9-13)11-31-18-15(7-4-8-16(18)30-2)10-22-24-17(27)12-32-20-19(28)23-21(29)26-25-20/h3-10H,11-12H2,1-2H3,(H,24,27)(H2,23,26,28,29)/b22-10+. The number of rotatable bonds is 9. The molecular weight excluding hydrogens is 434 g/mol. The van der Waals surface area contributed by atoms with E-state index in [9.17, 15) is 14.4 Å². The van der Waals surface area contributed by atoms with E-state index in [0.29, 0.717) is 23.7 Å². The molecule has 3 rings (SSSR count). The van der Waals surface area contributed by atoms with Crippen LogP contribution in [0.4, 0.5) is 0 Å². The smallest absolute Gasteiger partial charge is 0.342 e. The first-order chi connectivity index (χ1) is 15.5. The molecule has 0 unspecified atom stereocenters. The summed E-state index contributed by atoms with van der Waals surface area (Å²) in [5, 5.41) is 9.63. The van der Waals surface area contributed by atoms with Gasteiger partial charge in [0.25, 0.3) is 5.56 Å². The number of amides is 1. The minimum Gasteiger partial charge on any atom is -0.493 e. The zero-order valence-electron chi connectivity index (χ0n) is 17.4. The lowest BCUT2D eigenvalue weighted by Crippen LogP contribution is -2.26. The van der Waals surface area contributed by atoms with Crippen LogP contribution in [0.15, 0.2) is 62.2 Å². The van der Waals surface area contributed by atoms with Gasteiger partial charge in [0.05, 0.1) is 19.1 Å². The maximum absolute atomic E-state index is 12.0. The number of hydrogen-bond donors (Lipinski definition) is 3. The van der Waals surface area contributed by atoms with Crippen molar-refractivity contribution in [1.29, 1.82) is 0 Å². The van der Waals surface area contributed by atoms with Crippen LogP contribution in [0.2, 0.25) is 0 Å². The molecule has 0 bridgehead atoms. The normalized spacial score (nSPS) is 10.8. The fourth-order valence-corrected chi connectivity index (χ4v) is 3.31. The number of ether oxygens (including phenoxy) is 2. The van der Waals surface area contributed by atoms with Gasteiger partial charge in [-0.05, 0) is 24.6 Å². The van der Waals surface area contributed by atoms with Crippen LogP contribution in [0.25, 0.3) is 0 Å². The second kappa shape index (κ2) is 11.0. The summed E-state index contributed by atoms with van der Waals surface area (Å²) < 4.78 is 11.4. The number of benzene rings is 2. The van der Waals surface area contributed by atoms with Crippen molar-refractivity contribution in [2.24, 2.45) is 5.10 Å². The predicted octanol–water partition coefficient (Wildman–Crippen LogP) is 1.60. The number of methoxy groups -OCH3 is 1. The highest BCUT2D eigenvalue weighted by molar-refractivity contribution is 7.99. The molecule has 0 atom stereocenters. The Labute approximate surface area is 187 Å². The van der Waals surface area contributed by atoms with Crippen molar-refractivity contribution in [2.75, 3.05) is 12.9 Å². The molecule has 0 saturated heterocycles. The Morgan fingerprint density at radius 1 is 1.25 bits per heavy atom. The molecule has 0 aliphatic carbocycles. The van der Waals surface area contributed by atoms with Gasteiger partial charge >= 0.3 is 5.69 Å². The molecule has 3 N–H and O–H groups in total. The van der Waals surface area contributed by atoms with Crippen molar-refractivity contribution < 1.29 is 14.3 Å². The molecule has 0 fully saturated rings. The first kappa shape index (κ1) is 22.8. The molecule has 0 saturated carbocycles. The molecule has 10 nitrogen and oxygen atoms in total. The van der Waals surface area contributed by atoms with Crippen molar-refractivity contribution in [1.82, 2.24) is 20.6 Å². The third-order valence-electron chi connectivity index (χ3n) is 4.11. The van der Waals surface area contributed by atoms with Gasteiger partial charge in [0.2, 0.25) is 5.91 Å². The lowest BCUT2D eigenvalue weighted by atomic mass is 10.1. The first-order valence-electron chi connectivity index (χ1n) is 9.45. The molecule has 11 heteroatoms. The predicted molar refractivity (Wildman–Crippen MR) is 120 cm³/mol. The van der Waals surface area contributed by atoms with Gasteiger partial charge in [-0.1, -0.05) is 47.7 Å². The molecule has 166 valence electrons. The number of aryl methyl sites for hydroxylation is 1. The summed E-state index contributed by atoms with van der Waals surface area (Å²) in [5.41, 5.74) is 3.75. The third kappa shape index (κ3) is 6.32. The minimum absolute atomic E-state index is 0.0247. The van der Waals surface area contributed by atoms with E-state index in [1.165, 1.54) is 6.21 Å². The van der Waals surface area contributed by atoms with E-state index in [1.54, 1.807) is 25.3 Å². The van der Waals surface area contributed by atoms with Gasteiger partial charge < -0.3 is 9.47 Å². The van der Waals surface area contributed by atoms with E-state index in [4.69, 9.17) is 9.47 Å². The summed E-state index contributed by atoms with van der Waals surface area (Å²) >= 11 is 0.871. The average Bonchev–Trinajstić information content (AvgIpc) is 2.77. The summed E-state index contributed by atoms with van der Waals surface area (Å²) in [4.78, 5) is 36.6. The minimum atomic E-state index is -0.716. The largest absolute Gasteiger partial charge is 0.493 e. The van der Waals surface area contributed by atoms with Gasteiger partial charge in [-0.2, -0.15) is 10.2 Å². The van der Waals surface area contributed by atoms with Crippen molar-refractivity contribution in [2.45, 2.75) is 18.6 Å². The lowest BCUT2D eigenvalue weighted by molar-refractivity contribution is -0.118. The molecule has 0 aliphatic rings. The Balaban J connectivity index is 1.63. The van der Waals surface area contributed by atoms with Gasteiger partial charge in [0, 0.05) is 5.56 Å². The van der Waals surface area contributed by atoms with Gasteiger partial charge in [-0.3, -0.25) is 14.6 Å². The number of nitrogens with zero attached hydrogens (tertiary/aromatic N) is 2. The van der Waals surface area contributed by atoms with E-state index < -0.39 is 17.2 Å². The lowest BCUT2D eigenvalue weighted by Gasteiger charge is -2.13. The van der Waals surface area contributed by atoms with Crippen molar-refractivity contribution in [3.05, 3.63) is 80.0 Å². The second-order valence-electron chi connectivity index (χ2n) is 6.55. The zero-order chi connectivity index (χ0) is 22.9. The van der Waals surface area contributed by atoms with Gasteiger partial charge in [0.15, 0.2) is 16.5 Å². The number of thioether (sulfide) groups is 1. The van der Waals surface area contributed by atoms with Crippen molar-refractivity contribution in [3.63, 3.8) is 0 Å². The van der Waals surface area contributed by atoms with Crippen LogP contribution in [0.5, 0.6) is 11.5 Å². The summed E-state index contributed by atoms with van der Waals surface area (Å²) in [6.45, 7) is 2.35. The van der Waals surface area contributed by atoms with Crippen LogP contribution in [-0.2, 0) is 11.4 Å². The fraction of sp³-hybridized carbons (Fsp3) is 0.190. The highest BCUT2D eigenvalue weighted by Crippen LogP contribution is 2.30. The molecular formula is C21H21N5O5S. The number of hydrazone groups is 1. The fourth-order valence-electron chi connectivity index (χ4n) is 2.68. The molecule has 0 radical (unpaired) electrons. The van der Waals surface area contributed by atoms with E-state index in [2.05, 4.69) is 20.7 Å². The Morgan fingerprint density at radius 2 is 2.06 bits per heavy atom. The number of carbonyl (C=O) groups excluding carboxylic acids is 1. The van der Waals surface area contributed by atoms with E-state index >= 15 is 0 Å². The Bertz CT molecular complexity index is 1240. The van der Waals surface area contributed by atoms with Crippen LogP contribution < -0.4 is 26.1 Å². The molecule has 0 spiro atoms. The molecule has 1 heterocycles. The van der Waals surface area contributed by atoms with Crippen molar-refractivity contribution >= 4 is 23.9 Å². The Kier molecular flexibility index (Phi) is 7.81. The van der Waals surface area contributed by atoms with Crippen LogP contribution >= 0.6 is 11.8 Å². The highest BCUT2D eigenvalue weighted by atomic mass is 32.2. The highest BCUT2D eigenvalue weighted by Gasteiger charge is 2.11. The first-order valence-corrected chi connectivity index (χ1v) is 10.4. The number of carbonyl (C=O) groups is 1. The monoisotopic (exact) mass is 455 g/mol. The number of aromatic nitrogens is 3. The third-order valence-corrected chi connectivity index (χ3v) is 5.06. The SMILES string of the molecule is COc1cccc(/C=N/NC(=O)CSc2n[nH]c(=O)[nH]c2=O)c1OCc1cccc(C)c1. The van der Waals surface area contributed by atoms with E-state index in [0.717, 1.165) is 22.9 Å². The number of aromatic amines is 2. The summed E-state index contributed by atoms with van der Waals surface area (Å²) in [6.07, 6.45) is 1.45. The Morgan fingerprint density at radius 3 is 2.81 bits per heavy atom. The second-order valence-corrected chi connectivity index (χ2v) is 7.51.